The minimum atomic E-state index is -0.0450. The van der Waals surface area contributed by atoms with E-state index in [9.17, 15) is 4.79 Å². The van der Waals surface area contributed by atoms with Gasteiger partial charge in [0.1, 0.15) is 0 Å². The maximum absolute atomic E-state index is 12.1. The number of nitrogens with two attached hydrogens (primary N) is 1. The third-order valence-corrected chi connectivity index (χ3v) is 3.97. The van der Waals surface area contributed by atoms with Crippen molar-refractivity contribution in [3.05, 3.63) is 0 Å². The van der Waals surface area contributed by atoms with Crippen molar-refractivity contribution in [3.63, 3.8) is 0 Å². The molecule has 2 atom stereocenters. The molecule has 0 aromatic heterocycles. The lowest BCUT2D eigenvalue weighted by Gasteiger charge is -2.30. The highest BCUT2D eigenvalue weighted by Crippen LogP contribution is 2.37. The summed E-state index contributed by atoms with van der Waals surface area (Å²) in [6, 6.07) is 0.327. The lowest BCUT2D eigenvalue weighted by molar-refractivity contribution is -0.127. The molecule has 3 heteroatoms. The van der Waals surface area contributed by atoms with Crippen LogP contribution in [0.25, 0.3) is 0 Å². The van der Waals surface area contributed by atoms with Gasteiger partial charge in [0.2, 0.25) is 5.91 Å². The monoisotopic (exact) mass is 226 g/mol. The SMILES string of the molecule is CC(C)C(CN)C(=O)NC1CCCC1(C)C. The Morgan fingerprint density at radius 3 is 2.50 bits per heavy atom. The Bertz CT molecular complexity index is 248. The van der Waals surface area contributed by atoms with Crippen molar-refractivity contribution >= 4 is 5.91 Å². The van der Waals surface area contributed by atoms with E-state index >= 15 is 0 Å². The molecule has 1 saturated carbocycles. The van der Waals surface area contributed by atoms with Crippen LogP contribution in [0.4, 0.5) is 0 Å². The molecular weight excluding hydrogens is 200 g/mol. The van der Waals surface area contributed by atoms with Crippen LogP contribution in [-0.2, 0) is 4.79 Å². The Balaban J connectivity index is 2.57. The van der Waals surface area contributed by atoms with Crippen LogP contribution in [0.3, 0.4) is 0 Å². The lowest BCUT2D eigenvalue weighted by atomic mass is 9.86. The average molecular weight is 226 g/mol. The summed E-state index contributed by atoms with van der Waals surface area (Å²) < 4.78 is 0. The molecule has 1 amide bonds. The smallest absolute Gasteiger partial charge is 0.224 e. The van der Waals surface area contributed by atoms with Gasteiger partial charge in [0.25, 0.3) is 0 Å². The van der Waals surface area contributed by atoms with Crippen LogP contribution >= 0.6 is 0 Å². The van der Waals surface area contributed by atoms with Crippen LogP contribution in [0.5, 0.6) is 0 Å². The van der Waals surface area contributed by atoms with Crippen molar-refractivity contribution in [2.75, 3.05) is 6.54 Å². The Hall–Kier alpha value is -0.570. The fourth-order valence-electron chi connectivity index (χ4n) is 2.56. The van der Waals surface area contributed by atoms with Gasteiger partial charge in [0.05, 0.1) is 5.92 Å². The molecule has 2 unspecified atom stereocenters. The minimum Gasteiger partial charge on any atom is -0.353 e. The van der Waals surface area contributed by atoms with E-state index in [1.807, 2.05) is 0 Å². The summed E-state index contributed by atoms with van der Waals surface area (Å²) in [7, 11) is 0. The highest BCUT2D eigenvalue weighted by molar-refractivity contribution is 5.79. The van der Waals surface area contributed by atoms with Crippen molar-refractivity contribution in [2.24, 2.45) is 23.0 Å². The number of carbonyl (C=O) groups is 1. The fourth-order valence-corrected chi connectivity index (χ4v) is 2.56. The average Bonchev–Trinajstić information content (AvgIpc) is 2.46. The molecule has 0 heterocycles. The van der Waals surface area contributed by atoms with Crippen molar-refractivity contribution in [1.29, 1.82) is 0 Å². The molecule has 1 aliphatic rings. The van der Waals surface area contributed by atoms with Gasteiger partial charge in [-0.15, -0.1) is 0 Å². The molecule has 0 spiro atoms. The van der Waals surface area contributed by atoms with E-state index in [2.05, 4.69) is 33.0 Å². The second-order valence-corrected chi connectivity index (χ2v) is 6.03. The van der Waals surface area contributed by atoms with Crippen LogP contribution in [0.15, 0.2) is 0 Å². The van der Waals surface area contributed by atoms with Gasteiger partial charge < -0.3 is 11.1 Å². The predicted octanol–water partition coefficient (Wildman–Crippen LogP) is 1.91. The summed E-state index contributed by atoms with van der Waals surface area (Å²) >= 11 is 0. The second kappa shape index (κ2) is 5.17. The number of nitrogens with one attached hydrogen (secondary N) is 1. The zero-order chi connectivity index (χ0) is 12.3. The number of carbonyl (C=O) groups excluding carboxylic acids is 1. The number of amides is 1. The third-order valence-electron chi connectivity index (χ3n) is 3.97. The van der Waals surface area contributed by atoms with Gasteiger partial charge in [-0.25, -0.2) is 0 Å². The highest BCUT2D eigenvalue weighted by Gasteiger charge is 2.36. The standard InChI is InChI=1S/C13H26N2O/c1-9(2)10(8-14)12(16)15-11-6-5-7-13(11,3)4/h9-11H,5-8,14H2,1-4H3,(H,15,16). The van der Waals surface area contributed by atoms with Crippen molar-refractivity contribution in [1.82, 2.24) is 5.32 Å². The predicted molar refractivity (Wildman–Crippen MR) is 66.9 cm³/mol. The summed E-state index contributed by atoms with van der Waals surface area (Å²) in [5.74, 6) is 0.406. The van der Waals surface area contributed by atoms with Gasteiger partial charge in [0.15, 0.2) is 0 Å². The molecular formula is C13H26N2O. The Morgan fingerprint density at radius 1 is 1.50 bits per heavy atom. The summed E-state index contributed by atoms with van der Waals surface area (Å²) in [6.07, 6.45) is 3.52. The number of hydrogen-bond donors (Lipinski definition) is 2. The molecule has 1 fully saturated rings. The van der Waals surface area contributed by atoms with Gasteiger partial charge in [-0.2, -0.15) is 0 Å². The molecule has 1 rings (SSSR count). The van der Waals surface area contributed by atoms with Crippen LogP contribution in [0.1, 0.15) is 47.0 Å². The van der Waals surface area contributed by atoms with E-state index in [4.69, 9.17) is 5.73 Å². The quantitative estimate of drug-likeness (QED) is 0.769. The van der Waals surface area contributed by atoms with Gasteiger partial charge in [0, 0.05) is 12.6 Å². The first kappa shape index (κ1) is 13.5. The maximum atomic E-state index is 12.1. The molecule has 3 N–H and O–H groups in total. The zero-order valence-corrected chi connectivity index (χ0v) is 11.0. The molecule has 0 radical (unpaired) electrons. The molecule has 16 heavy (non-hydrogen) atoms. The van der Waals surface area contributed by atoms with E-state index in [0.717, 1.165) is 6.42 Å². The summed E-state index contributed by atoms with van der Waals surface area (Å²) in [5.41, 5.74) is 5.90. The summed E-state index contributed by atoms with van der Waals surface area (Å²) in [5, 5.41) is 3.18. The first-order chi connectivity index (χ1) is 7.38. The third kappa shape index (κ3) is 2.97. The van der Waals surface area contributed by atoms with E-state index in [1.54, 1.807) is 0 Å². The van der Waals surface area contributed by atoms with E-state index in [-0.39, 0.29) is 17.2 Å². The summed E-state index contributed by atoms with van der Waals surface area (Å²) in [6.45, 7) is 9.01. The number of rotatable bonds is 4. The molecule has 0 aromatic carbocycles. The Morgan fingerprint density at radius 2 is 2.12 bits per heavy atom. The van der Waals surface area contributed by atoms with Crippen molar-refractivity contribution in [2.45, 2.75) is 53.0 Å². The molecule has 0 saturated heterocycles. The largest absolute Gasteiger partial charge is 0.353 e. The van der Waals surface area contributed by atoms with Crippen molar-refractivity contribution < 1.29 is 4.79 Å². The van der Waals surface area contributed by atoms with Crippen LogP contribution < -0.4 is 11.1 Å². The lowest BCUT2D eigenvalue weighted by Crippen LogP contribution is -2.46. The second-order valence-electron chi connectivity index (χ2n) is 6.03. The fraction of sp³-hybridized carbons (Fsp3) is 0.923. The first-order valence-corrected chi connectivity index (χ1v) is 6.39. The highest BCUT2D eigenvalue weighted by atomic mass is 16.2. The maximum Gasteiger partial charge on any atom is 0.224 e. The molecule has 0 bridgehead atoms. The van der Waals surface area contributed by atoms with Crippen LogP contribution in [0, 0.1) is 17.3 Å². The zero-order valence-electron chi connectivity index (χ0n) is 11.0. The van der Waals surface area contributed by atoms with Gasteiger partial charge in [-0.1, -0.05) is 34.1 Å². The molecule has 0 aliphatic heterocycles. The van der Waals surface area contributed by atoms with E-state index < -0.39 is 0 Å². The Labute approximate surface area is 99.2 Å². The van der Waals surface area contributed by atoms with Gasteiger partial charge in [-0.05, 0) is 24.2 Å². The topological polar surface area (TPSA) is 55.1 Å². The number of hydrogen-bond acceptors (Lipinski definition) is 2. The molecule has 0 aromatic rings. The summed E-state index contributed by atoms with van der Waals surface area (Å²) in [4.78, 5) is 12.1. The van der Waals surface area contributed by atoms with Crippen LogP contribution in [-0.4, -0.2) is 18.5 Å². The van der Waals surface area contributed by atoms with Gasteiger partial charge in [-0.3, -0.25) is 4.79 Å². The van der Waals surface area contributed by atoms with Crippen molar-refractivity contribution in [3.8, 4) is 0 Å². The normalized spacial score (nSPS) is 25.8. The molecule has 3 nitrogen and oxygen atoms in total. The van der Waals surface area contributed by atoms with E-state index in [1.165, 1.54) is 12.8 Å². The van der Waals surface area contributed by atoms with E-state index in [0.29, 0.717) is 18.5 Å². The van der Waals surface area contributed by atoms with Gasteiger partial charge >= 0.3 is 0 Å². The van der Waals surface area contributed by atoms with Crippen LogP contribution in [0.2, 0.25) is 0 Å². The first-order valence-electron chi connectivity index (χ1n) is 6.39. The minimum absolute atomic E-state index is 0.0450. The molecule has 94 valence electrons. The Kier molecular flexibility index (Phi) is 4.36. The molecule has 1 aliphatic carbocycles.